The monoisotopic (exact) mass is 212 g/mol. The predicted molar refractivity (Wildman–Crippen MR) is 56.2 cm³/mol. The van der Waals surface area contributed by atoms with E-state index in [1.165, 1.54) is 11.5 Å². The Hall–Kier alpha value is -1.30. The second-order valence-electron chi connectivity index (χ2n) is 3.36. The van der Waals surface area contributed by atoms with Gasteiger partial charge in [-0.3, -0.25) is 4.79 Å². The van der Waals surface area contributed by atoms with Crippen LogP contribution >= 0.6 is 11.5 Å². The number of nitrogen functional groups attached to an aromatic ring is 1. The molecule has 6 heteroatoms. The first-order chi connectivity index (χ1) is 6.66. The van der Waals surface area contributed by atoms with Crippen LogP contribution in [0.3, 0.4) is 0 Å². The van der Waals surface area contributed by atoms with Crippen molar-refractivity contribution >= 4 is 28.3 Å². The van der Waals surface area contributed by atoms with Crippen molar-refractivity contribution in [2.24, 2.45) is 0 Å². The van der Waals surface area contributed by atoms with Crippen LogP contribution in [-0.2, 0) is 4.79 Å². The van der Waals surface area contributed by atoms with Crippen LogP contribution in [0.1, 0.15) is 6.42 Å². The number of nitrogens with two attached hydrogens (primary N) is 1. The normalized spacial score (nSPS) is 21.6. The largest absolute Gasteiger partial charge is 0.383 e. The molecule has 1 amide bonds. The molecule has 1 aliphatic rings. The van der Waals surface area contributed by atoms with Gasteiger partial charge in [-0.1, -0.05) is 0 Å². The molecule has 5 nitrogen and oxygen atoms in total. The minimum Gasteiger partial charge on any atom is -0.383 e. The van der Waals surface area contributed by atoms with Gasteiger partial charge in [0, 0.05) is 19.7 Å². The third kappa shape index (κ3) is 1.65. The molecule has 0 spiro atoms. The second-order valence-corrected chi connectivity index (χ2v) is 4.17. The highest BCUT2D eigenvalue weighted by Gasteiger charge is 2.28. The summed E-state index contributed by atoms with van der Waals surface area (Å²) in [5.41, 5.74) is 5.48. The number of carbonyl (C=O) groups excluding carboxylic acids is 1. The maximum atomic E-state index is 11.5. The van der Waals surface area contributed by atoms with Gasteiger partial charge in [-0.15, -0.1) is 0 Å². The smallest absolute Gasteiger partial charge is 0.244 e. The Morgan fingerprint density at radius 3 is 3.07 bits per heavy atom. The molecule has 1 aromatic heterocycles. The number of anilines is 2. The molecule has 0 saturated carbocycles. The van der Waals surface area contributed by atoms with Gasteiger partial charge < -0.3 is 16.0 Å². The maximum Gasteiger partial charge on any atom is 0.244 e. The molecule has 1 fully saturated rings. The zero-order chi connectivity index (χ0) is 10.1. The average Bonchev–Trinajstić information content (AvgIpc) is 2.67. The van der Waals surface area contributed by atoms with Gasteiger partial charge in [-0.2, -0.15) is 4.37 Å². The predicted octanol–water partition coefficient (Wildman–Crippen LogP) is 0.368. The van der Waals surface area contributed by atoms with E-state index in [9.17, 15) is 4.79 Å². The summed E-state index contributed by atoms with van der Waals surface area (Å²) in [4.78, 5) is 13.3. The fraction of sp³-hybridized carbons (Fsp3) is 0.500. The van der Waals surface area contributed by atoms with Crippen molar-refractivity contribution in [1.29, 1.82) is 0 Å². The topological polar surface area (TPSA) is 71.2 Å². The highest BCUT2D eigenvalue weighted by Crippen LogP contribution is 2.21. The van der Waals surface area contributed by atoms with Gasteiger partial charge in [0.1, 0.15) is 16.9 Å². The minimum absolute atomic E-state index is 0.111. The van der Waals surface area contributed by atoms with Crippen molar-refractivity contribution in [3.8, 4) is 0 Å². The molecule has 76 valence electrons. The number of nitrogens with zero attached hydrogens (tertiary/aromatic N) is 2. The Labute approximate surface area is 86.1 Å². The molecule has 2 heterocycles. The quantitative estimate of drug-likeness (QED) is 0.743. The Kier molecular flexibility index (Phi) is 2.28. The van der Waals surface area contributed by atoms with E-state index in [1.54, 1.807) is 11.0 Å². The molecular weight excluding hydrogens is 200 g/mol. The van der Waals surface area contributed by atoms with Crippen LogP contribution < -0.4 is 11.1 Å². The summed E-state index contributed by atoms with van der Waals surface area (Å²) in [6.07, 6.45) is 0.840. The fourth-order valence-corrected chi connectivity index (χ4v) is 2.11. The van der Waals surface area contributed by atoms with E-state index in [0.29, 0.717) is 5.82 Å². The van der Waals surface area contributed by atoms with Crippen LogP contribution in [0.15, 0.2) is 6.07 Å². The van der Waals surface area contributed by atoms with Crippen molar-refractivity contribution in [3.05, 3.63) is 6.07 Å². The number of carbonyl (C=O) groups is 1. The Morgan fingerprint density at radius 1 is 1.79 bits per heavy atom. The van der Waals surface area contributed by atoms with Crippen LogP contribution in [0.2, 0.25) is 0 Å². The summed E-state index contributed by atoms with van der Waals surface area (Å²) in [5, 5.41) is 3.98. The lowest BCUT2D eigenvalue weighted by molar-refractivity contribution is -0.127. The molecule has 2 rings (SSSR count). The Balaban J connectivity index is 2.02. The van der Waals surface area contributed by atoms with E-state index in [1.807, 2.05) is 7.05 Å². The number of rotatable bonds is 2. The van der Waals surface area contributed by atoms with Crippen molar-refractivity contribution in [1.82, 2.24) is 9.27 Å². The van der Waals surface area contributed by atoms with Gasteiger partial charge in [0.15, 0.2) is 0 Å². The maximum absolute atomic E-state index is 11.5. The molecule has 1 aromatic rings. The van der Waals surface area contributed by atoms with Gasteiger partial charge in [0.2, 0.25) is 5.91 Å². The number of hydrogen-bond donors (Lipinski definition) is 2. The summed E-state index contributed by atoms with van der Waals surface area (Å²) in [6.45, 7) is 0.810. The Morgan fingerprint density at radius 2 is 2.57 bits per heavy atom. The molecule has 0 bridgehead atoms. The number of likely N-dealkylation sites (N-methyl/N-ethyl adjacent to an activating group) is 1. The number of amides is 1. The van der Waals surface area contributed by atoms with E-state index in [4.69, 9.17) is 5.73 Å². The molecular formula is C8H12N4OS. The lowest BCUT2D eigenvalue weighted by atomic mass is 10.2. The summed E-state index contributed by atoms with van der Waals surface area (Å²) in [6, 6.07) is 1.64. The fourth-order valence-electron chi connectivity index (χ4n) is 1.48. The van der Waals surface area contributed by atoms with Crippen LogP contribution in [0.25, 0.3) is 0 Å². The van der Waals surface area contributed by atoms with Gasteiger partial charge >= 0.3 is 0 Å². The molecule has 1 aliphatic heterocycles. The lowest BCUT2D eigenvalue weighted by Crippen LogP contribution is -2.30. The van der Waals surface area contributed by atoms with Crippen LogP contribution in [-0.4, -0.2) is 34.8 Å². The van der Waals surface area contributed by atoms with Gasteiger partial charge in [-0.25, -0.2) is 0 Å². The zero-order valence-corrected chi connectivity index (χ0v) is 8.67. The molecule has 1 unspecified atom stereocenters. The van der Waals surface area contributed by atoms with Crippen molar-refractivity contribution in [2.75, 3.05) is 24.6 Å². The standard InChI is InChI=1S/C8H12N4OS/c1-12-3-2-5(8(12)13)10-7-4-6(9)11-14-7/h4-5,10H,2-3H2,1H3,(H2,9,11). The van der Waals surface area contributed by atoms with Crippen molar-refractivity contribution < 1.29 is 4.79 Å². The molecule has 1 atom stereocenters. The van der Waals surface area contributed by atoms with Gasteiger partial charge in [-0.05, 0) is 18.0 Å². The highest BCUT2D eigenvalue weighted by atomic mass is 32.1. The third-order valence-corrected chi connectivity index (χ3v) is 3.01. The first-order valence-corrected chi connectivity index (χ1v) is 5.18. The van der Waals surface area contributed by atoms with Gasteiger partial charge in [0.25, 0.3) is 0 Å². The number of hydrogen-bond acceptors (Lipinski definition) is 5. The molecule has 0 aromatic carbocycles. The first-order valence-electron chi connectivity index (χ1n) is 4.40. The third-order valence-electron chi connectivity index (χ3n) is 2.27. The summed E-state index contributed by atoms with van der Waals surface area (Å²) in [7, 11) is 1.81. The molecule has 0 aliphatic carbocycles. The van der Waals surface area contributed by atoms with E-state index in [0.717, 1.165) is 18.0 Å². The Bertz CT molecular complexity index is 351. The summed E-state index contributed by atoms with van der Waals surface area (Å²) in [5.74, 6) is 0.633. The molecule has 14 heavy (non-hydrogen) atoms. The summed E-state index contributed by atoms with van der Waals surface area (Å²) >= 11 is 1.28. The highest BCUT2D eigenvalue weighted by molar-refractivity contribution is 7.10. The van der Waals surface area contributed by atoms with E-state index >= 15 is 0 Å². The molecule has 0 radical (unpaired) electrons. The minimum atomic E-state index is -0.111. The average molecular weight is 212 g/mol. The number of aromatic nitrogens is 1. The second kappa shape index (κ2) is 3.45. The van der Waals surface area contributed by atoms with E-state index in [-0.39, 0.29) is 11.9 Å². The lowest BCUT2D eigenvalue weighted by Gasteiger charge is -2.10. The number of nitrogens with one attached hydrogen (secondary N) is 1. The van der Waals surface area contributed by atoms with Crippen LogP contribution in [0.5, 0.6) is 0 Å². The number of likely N-dealkylation sites (tertiary alicyclic amines) is 1. The molecule has 3 N–H and O–H groups in total. The van der Waals surface area contributed by atoms with Crippen molar-refractivity contribution in [3.63, 3.8) is 0 Å². The SMILES string of the molecule is CN1CCC(Nc2cc(N)ns2)C1=O. The van der Waals surface area contributed by atoms with Crippen molar-refractivity contribution in [2.45, 2.75) is 12.5 Å². The zero-order valence-electron chi connectivity index (χ0n) is 7.86. The van der Waals surface area contributed by atoms with Gasteiger partial charge in [0.05, 0.1) is 0 Å². The van der Waals surface area contributed by atoms with Crippen LogP contribution in [0, 0.1) is 0 Å². The van der Waals surface area contributed by atoms with E-state index in [2.05, 4.69) is 9.69 Å². The van der Waals surface area contributed by atoms with E-state index < -0.39 is 0 Å². The van der Waals surface area contributed by atoms with Crippen LogP contribution in [0.4, 0.5) is 10.8 Å². The molecule has 1 saturated heterocycles. The summed E-state index contributed by atoms with van der Waals surface area (Å²) < 4.78 is 3.93. The first kappa shape index (κ1) is 9.26.